The summed E-state index contributed by atoms with van der Waals surface area (Å²) in [6, 6.07) is -2.00. The Balaban J connectivity index is 2.33. The number of aliphatic hydroxyl groups is 4. The van der Waals surface area contributed by atoms with Crippen LogP contribution in [0.15, 0.2) is 0 Å². The van der Waals surface area contributed by atoms with Crippen molar-refractivity contribution in [2.75, 3.05) is 19.8 Å². The number of rotatable bonds is 9. The van der Waals surface area contributed by atoms with Gasteiger partial charge in [0.2, 0.25) is 0 Å². The predicted molar refractivity (Wildman–Crippen MR) is 114 cm³/mol. The summed E-state index contributed by atoms with van der Waals surface area (Å²) in [5.41, 5.74) is 0. The van der Waals surface area contributed by atoms with Crippen LogP contribution in [0.25, 0.3) is 0 Å². The molecule has 5 N–H and O–H groups in total. The molecule has 2 heterocycles. The summed E-state index contributed by atoms with van der Waals surface area (Å²) in [5, 5.41) is 42.5. The SMILES string of the molecule is CC(=O)OC[C@H]1O[C@@H](OC[C@H]2N[C@H](CO)[C@@H](O)[C@H](O)[C@H]2O)[C@H](OC(C)=O)[C@@H](OC(C)=O)[C@@H]1OC(C)=O. The maximum Gasteiger partial charge on any atom is 0.303 e. The second-order valence-corrected chi connectivity index (χ2v) is 8.43. The highest BCUT2D eigenvalue weighted by molar-refractivity contribution is 5.68. The van der Waals surface area contributed by atoms with Gasteiger partial charge in [0.1, 0.15) is 18.8 Å². The van der Waals surface area contributed by atoms with Crippen molar-refractivity contribution < 1.29 is 68.0 Å². The Morgan fingerprint density at radius 2 is 1.25 bits per heavy atom. The van der Waals surface area contributed by atoms with Crippen LogP contribution in [0.3, 0.4) is 0 Å². The zero-order chi connectivity index (χ0) is 27.2. The highest BCUT2D eigenvalue weighted by atomic mass is 16.7. The fourth-order valence-electron chi connectivity index (χ4n) is 3.98. The third-order valence-corrected chi connectivity index (χ3v) is 5.54. The van der Waals surface area contributed by atoms with Crippen LogP contribution < -0.4 is 5.32 Å². The van der Waals surface area contributed by atoms with Crippen molar-refractivity contribution >= 4 is 23.9 Å². The first kappa shape index (κ1) is 29.8. The van der Waals surface area contributed by atoms with E-state index in [0.717, 1.165) is 27.7 Å². The van der Waals surface area contributed by atoms with Crippen molar-refractivity contribution in [2.45, 2.75) is 88.8 Å². The summed E-state index contributed by atoms with van der Waals surface area (Å²) in [7, 11) is 0. The molecule has 2 fully saturated rings. The number of aliphatic hydroxyl groups excluding tert-OH is 4. The van der Waals surface area contributed by atoms with Gasteiger partial charge in [-0.3, -0.25) is 19.2 Å². The molecule has 0 aliphatic carbocycles. The number of hydrogen-bond donors (Lipinski definition) is 5. The molecule has 2 saturated heterocycles. The average Bonchev–Trinajstić information content (AvgIpc) is 2.78. The minimum absolute atomic E-state index is 0.408. The van der Waals surface area contributed by atoms with Crippen LogP contribution in [0.5, 0.6) is 0 Å². The largest absolute Gasteiger partial charge is 0.463 e. The summed E-state index contributed by atoms with van der Waals surface area (Å²) in [6.45, 7) is 2.96. The van der Waals surface area contributed by atoms with Crippen LogP contribution in [-0.4, -0.2) is 125 Å². The molecule has 2 rings (SSSR count). The number of esters is 4. The molecule has 36 heavy (non-hydrogen) atoms. The number of carbonyl (C=O) groups is 4. The van der Waals surface area contributed by atoms with Gasteiger partial charge >= 0.3 is 23.9 Å². The Labute approximate surface area is 206 Å². The normalized spacial score (nSPS) is 36.4. The molecule has 0 spiro atoms. The van der Waals surface area contributed by atoms with E-state index in [1.54, 1.807) is 0 Å². The van der Waals surface area contributed by atoms with E-state index >= 15 is 0 Å². The molecule has 0 radical (unpaired) electrons. The molecule has 15 nitrogen and oxygen atoms in total. The van der Waals surface area contributed by atoms with Crippen molar-refractivity contribution in [3.63, 3.8) is 0 Å². The van der Waals surface area contributed by atoms with Gasteiger partial charge in [-0.1, -0.05) is 0 Å². The quantitative estimate of drug-likeness (QED) is 0.146. The van der Waals surface area contributed by atoms with Crippen molar-refractivity contribution in [2.24, 2.45) is 0 Å². The first-order chi connectivity index (χ1) is 16.8. The zero-order valence-electron chi connectivity index (χ0n) is 20.3. The maximum absolute atomic E-state index is 11.8. The monoisotopic (exact) mass is 523 g/mol. The van der Waals surface area contributed by atoms with E-state index < -0.39 is 105 Å². The molecule has 0 aromatic rings. The van der Waals surface area contributed by atoms with Gasteiger partial charge in [-0.05, 0) is 0 Å². The van der Waals surface area contributed by atoms with E-state index in [1.807, 2.05) is 0 Å². The van der Waals surface area contributed by atoms with Crippen molar-refractivity contribution in [3.05, 3.63) is 0 Å². The molecule has 15 heteroatoms. The fourth-order valence-corrected chi connectivity index (χ4v) is 3.98. The zero-order valence-corrected chi connectivity index (χ0v) is 20.3. The van der Waals surface area contributed by atoms with E-state index in [0.29, 0.717) is 0 Å². The van der Waals surface area contributed by atoms with Gasteiger partial charge in [-0.2, -0.15) is 0 Å². The number of piperidine rings is 1. The summed E-state index contributed by atoms with van der Waals surface area (Å²) in [6.07, 6.45) is -11.5. The number of nitrogens with one attached hydrogen (secondary N) is 1. The molecule has 0 aromatic carbocycles. The van der Waals surface area contributed by atoms with E-state index in [1.165, 1.54) is 0 Å². The Kier molecular flexibility index (Phi) is 11.0. The van der Waals surface area contributed by atoms with Crippen LogP contribution in [-0.2, 0) is 47.6 Å². The van der Waals surface area contributed by atoms with Crippen LogP contribution in [0.2, 0.25) is 0 Å². The lowest BCUT2D eigenvalue weighted by Crippen LogP contribution is -2.68. The molecule has 2 aliphatic rings. The Bertz CT molecular complexity index is 791. The minimum atomic E-state index is -1.60. The molecule has 10 atom stereocenters. The molecule has 0 amide bonds. The van der Waals surface area contributed by atoms with Gasteiger partial charge < -0.3 is 54.2 Å². The Morgan fingerprint density at radius 1 is 0.722 bits per heavy atom. The standard InChI is InChI=1S/C21H33NO14/c1-8(24)31-7-14-18(33-9(2)25)19(34-10(3)26)20(35-11(4)27)21(36-14)32-6-13-16(29)17(30)15(28)12(5-23)22-13/h12-23,28-30H,5-7H2,1-4H3/t12-,13-,14-,15-,16+,17+,18-,19+,20-,21-/m1/s1. The highest BCUT2D eigenvalue weighted by Crippen LogP contribution is 2.30. The number of hydrogen-bond acceptors (Lipinski definition) is 15. The van der Waals surface area contributed by atoms with Gasteiger partial charge in [0.05, 0.1) is 37.5 Å². The van der Waals surface area contributed by atoms with Gasteiger partial charge in [0, 0.05) is 27.7 Å². The maximum atomic E-state index is 11.8. The molecule has 0 bridgehead atoms. The highest BCUT2D eigenvalue weighted by Gasteiger charge is 2.53. The van der Waals surface area contributed by atoms with E-state index in [4.69, 9.17) is 28.4 Å². The van der Waals surface area contributed by atoms with Crippen LogP contribution in [0, 0.1) is 0 Å². The predicted octanol–water partition coefficient (Wildman–Crippen LogP) is -3.50. The van der Waals surface area contributed by atoms with Crippen LogP contribution in [0.1, 0.15) is 27.7 Å². The summed E-state index contributed by atoms with van der Waals surface area (Å²) in [5.74, 6) is -3.09. The molecule has 206 valence electrons. The molecule has 0 aromatic heterocycles. The minimum Gasteiger partial charge on any atom is -0.463 e. The second kappa shape index (κ2) is 13.2. The van der Waals surface area contributed by atoms with Gasteiger partial charge in [0.15, 0.2) is 24.6 Å². The Morgan fingerprint density at radius 3 is 1.78 bits per heavy atom. The lowest BCUT2D eigenvalue weighted by atomic mass is 9.91. The summed E-state index contributed by atoms with van der Waals surface area (Å²) >= 11 is 0. The van der Waals surface area contributed by atoms with Gasteiger partial charge in [0.25, 0.3) is 0 Å². The summed E-state index contributed by atoms with van der Waals surface area (Å²) in [4.78, 5) is 46.8. The Hall–Kier alpha value is -2.40. The van der Waals surface area contributed by atoms with Crippen molar-refractivity contribution in [3.8, 4) is 0 Å². The molecular weight excluding hydrogens is 490 g/mol. The van der Waals surface area contributed by atoms with Crippen molar-refractivity contribution in [1.29, 1.82) is 0 Å². The summed E-state index contributed by atoms with van der Waals surface area (Å²) < 4.78 is 32.3. The lowest BCUT2D eigenvalue weighted by Gasteiger charge is -2.45. The third-order valence-electron chi connectivity index (χ3n) is 5.54. The number of carbonyl (C=O) groups excluding carboxylic acids is 4. The average molecular weight is 523 g/mol. The molecule has 2 aliphatic heterocycles. The van der Waals surface area contributed by atoms with Crippen molar-refractivity contribution in [1.82, 2.24) is 5.32 Å². The first-order valence-corrected chi connectivity index (χ1v) is 11.2. The van der Waals surface area contributed by atoms with Crippen LogP contribution >= 0.6 is 0 Å². The first-order valence-electron chi connectivity index (χ1n) is 11.2. The van der Waals surface area contributed by atoms with Crippen LogP contribution in [0.4, 0.5) is 0 Å². The molecular formula is C21H33NO14. The topological polar surface area (TPSA) is 217 Å². The van der Waals surface area contributed by atoms with E-state index in [9.17, 15) is 39.6 Å². The molecule has 0 unspecified atom stereocenters. The smallest absolute Gasteiger partial charge is 0.303 e. The second-order valence-electron chi connectivity index (χ2n) is 8.43. The number of ether oxygens (including phenoxy) is 6. The van der Waals surface area contributed by atoms with Gasteiger partial charge in [-0.15, -0.1) is 0 Å². The third kappa shape index (κ3) is 7.80. The van der Waals surface area contributed by atoms with Gasteiger partial charge in [-0.25, -0.2) is 0 Å². The van der Waals surface area contributed by atoms with E-state index in [-0.39, 0.29) is 0 Å². The lowest BCUT2D eigenvalue weighted by molar-refractivity contribution is -0.310. The van der Waals surface area contributed by atoms with E-state index in [2.05, 4.69) is 5.32 Å². The molecule has 0 saturated carbocycles. The fraction of sp³-hybridized carbons (Fsp3) is 0.810.